The van der Waals surface area contributed by atoms with E-state index in [0.717, 1.165) is 16.7 Å². The average molecular weight is 443 g/mol. The van der Waals surface area contributed by atoms with E-state index in [1.165, 1.54) is 36.4 Å². The van der Waals surface area contributed by atoms with Crippen LogP contribution >= 0.6 is 15.9 Å². The highest BCUT2D eigenvalue weighted by Gasteiger charge is 2.18. The van der Waals surface area contributed by atoms with Crippen LogP contribution < -0.4 is 0 Å². The van der Waals surface area contributed by atoms with Crippen LogP contribution in [0.3, 0.4) is 0 Å². The number of aromatic nitrogens is 2. The Labute approximate surface area is 168 Å². The van der Waals surface area contributed by atoms with E-state index in [9.17, 15) is 13.2 Å². The molecule has 0 spiro atoms. The highest BCUT2D eigenvalue weighted by molar-refractivity contribution is 9.10. The summed E-state index contributed by atoms with van der Waals surface area (Å²) in [6.07, 6.45) is 0. The first-order chi connectivity index (χ1) is 13.5. The molecule has 6 heteroatoms. The first-order valence-electron chi connectivity index (χ1n) is 8.53. The fraction of sp³-hybridized carbons (Fsp3) is 0.0455. The van der Waals surface area contributed by atoms with Crippen LogP contribution in [0.25, 0.3) is 22.6 Å². The van der Waals surface area contributed by atoms with Crippen molar-refractivity contribution in [2.24, 2.45) is 0 Å². The van der Waals surface area contributed by atoms with Crippen molar-refractivity contribution in [2.75, 3.05) is 0 Å². The summed E-state index contributed by atoms with van der Waals surface area (Å²) in [4.78, 5) is 4.72. The minimum absolute atomic E-state index is 0.306. The lowest BCUT2D eigenvalue weighted by molar-refractivity contribution is 0.626. The van der Waals surface area contributed by atoms with Gasteiger partial charge in [-0.2, -0.15) is 0 Å². The highest BCUT2D eigenvalue weighted by atomic mass is 79.9. The predicted molar refractivity (Wildman–Crippen MR) is 106 cm³/mol. The van der Waals surface area contributed by atoms with Crippen molar-refractivity contribution in [1.29, 1.82) is 0 Å². The van der Waals surface area contributed by atoms with Crippen LogP contribution in [0.15, 0.2) is 77.4 Å². The number of benzene rings is 3. The molecule has 0 saturated carbocycles. The normalized spacial score (nSPS) is 11.0. The molecule has 0 unspecified atom stereocenters. The van der Waals surface area contributed by atoms with Crippen molar-refractivity contribution in [3.05, 3.63) is 100 Å². The third-order valence-electron chi connectivity index (χ3n) is 4.38. The predicted octanol–water partition coefficient (Wildman–Crippen LogP) is 6.45. The summed E-state index contributed by atoms with van der Waals surface area (Å²) in [6.45, 7) is 0.432. The van der Waals surface area contributed by atoms with E-state index in [0.29, 0.717) is 22.7 Å². The van der Waals surface area contributed by atoms with E-state index in [4.69, 9.17) is 4.98 Å². The molecule has 0 fully saturated rings. The summed E-state index contributed by atoms with van der Waals surface area (Å²) in [5.41, 5.74) is 3.00. The molecule has 0 aliphatic carbocycles. The smallest absolute Gasteiger partial charge is 0.141 e. The third kappa shape index (κ3) is 3.73. The van der Waals surface area contributed by atoms with Crippen LogP contribution in [0.5, 0.6) is 0 Å². The molecule has 0 aliphatic rings. The summed E-state index contributed by atoms with van der Waals surface area (Å²) < 4.78 is 42.5. The summed E-state index contributed by atoms with van der Waals surface area (Å²) in [5.74, 6) is -0.350. The SMILES string of the molecule is Fc1ccc(Cn2c(-c3ccc(F)cc3)nc(-c3ccc(F)cc3)c2Br)cc1. The van der Waals surface area contributed by atoms with Crippen molar-refractivity contribution in [1.82, 2.24) is 9.55 Å². The standard InChI is InChI=1S/C22H14BrF3N2/c23-21-20(15-3-9-18(25)10-4-15)27-22(16-5-11-19(26)12-6-16)28(21)13-14-1-7-17(24)8-2-14/h1-12H,13H2. The van der Waals surface area contributed by atoms with Crippen LogP contribution in [0, 0.1) is 17.5 Å². The molecule has 0 atom stereocenters. The molecule has 0 radical (unpaired) electrons. The Morgan fingerprint density at radius 1 is 0.679 bits per heavy atom. The lowest BCUT2D eigenvalue weighted by Crippen LogP contribution is -2.03. The second-order valence-corrected chi connectivity index (χ2v) is 7.05. The molecule has 1 aromatic heterocycles. The van der Waals surface area contributed by atoms with Gasteiger partial charge < -0.3 is 4.57 Å². The number of imidazole rings is 1. The zero-order valence-corrected chi connectivity index (χ0v) is 16.1. The van der Waals surface area contributed by atoms with Gasteiger partial charge in [0.25, 0.3) is 0 Å². The number of rotatable bonds is 4. The zero-order valence-electron chi connectivity index (χ0n) is 14.5. The van der Waals surface area contributed by atoms with Crippen molar-refractivity contribution in [2.45, 2.75) is 6.54 Å². The van der Waals surface area contributed by atoms with Crippen LogP contribution in [-0.4, -0.2) is 9.55 Å². The molecule has 140 valence electrons. The Kier molecular flexibility index (Phi) is 5.05. The average Bonchev–Trinajstić information content (AvgIpc) is 3.01. The van der Waals surface area contributed by atoms with E-state index in [-0.39, 0.29) is 17.5 Å². The van der Waals surface area contributed by atoms with E-state index in [1.54, 1.807) is 36.4 Å². The maximum atomic E-state index is 13.4. The molecule has 2 nitrogen and oxygen atoms in total. The number of halogens is 4. The van der Waals surface area contributed by atoms with Gasteiger partial charge in [-0.15, -0.1) is 0 Å². The number of nitrogens with zero attached hydrogens (tertiary/aromatic N) is 2. The molecule has 0 aliphatic heterocycles. The molecule has 4 rings (SSSR count). The maximum absolute atomic E-state index is 13.4. The Morgan fingerprint density at radius 2 is 1.14 bits per heavy atom. The Balaban J connectivity index is 1.84. The molecular weight excluding hydrogens is 429 g/mol. The van der Waals surface area contributed by atoms with Gasteiger partial charge in [-0.1, -0.05) is 12.1 Å². The minimum atomic E-state index is -0.335. The maximum Gasteiger partial charge on any atom is 0.141 e. The minimum Gasteiger partial charge on any atom is -0.314 e. The van der Waals surface area contributed by atoms with Crippen molar-refractivity contribution in [3.8, 4) is 22.6 Å². The van der Waals surface area contributed by atoms with Crippen molar-refractivity contribution in [3.63, 3.8) is 0 Å². The second kappa shape index (κ2) is 7.64. The van der Waals surface area contributed by atoms with Crippen molar-refractivity contribution >= 4 is 15.9 Å². The number of hydrogen-bond acceptors (Lipinski definition) is 1. The summed E-state index contributed by atoms with van der Waals surface area (Å²) in [6, 6.07) is 18.3. The lowest BCUT2D eigenvalue weighted by atomic mass is 10.2. The van der Waals surface area contributed by atoms with E-state index >= 15 is 0 Å². The lowest BCUT2D eigenvalue weighted by Gasteiger charge is -2.10. The fourth-order valence-corrected chi connectivity index (χ4v) is 3.57. The first-order valence-corrected chi connectivity index (χ1v) is 9.33. The van der Waals surface area contributed by atoms with Crippen LogP contribution in [0.2, 0.25) is 0 Å². The van der Waals surface area contributed by atoms with Gasteiger partial charge >= 0.3 is 0 Å². The van der Waals surface area contributed by atoms with Gasteiger partial charge in [0.1, 0.15) is 33.6 Å². The van der Waals surface area contributed by atoms with Gasteiger partial charge in [-0.05, 0) is 82.2 Å². The van der Waals surface area contributed by atoms with E-state index in [2.05, 4.69) is 15.9 Å². The number of hydrogen-bond donors (Lipinski definition) is 0. The topological polar surface area (TPSA) is 17.8 Å². The van der Waals surface area contributed by atoms with Gasteiger partial charge in [-0.25, -0.2) is 18.2 Å². The van der Waals surface area contributed by atoms with E-state index < -0.39 is 0 Å². The third-order valence-corrected chi connectivity index (χ3v) is 5.18. The fourth-order valence-electron chi connectivity index (χ4n) is 2.96. The molecular formula is C22H14BrF3N2. The van der Waals surface area contributed by atoms with Crippen LogP contribution in [-0.2, 0) is 6.54 Å². The summed E-state index contributed by atoms with van der Waals surface area (Å²) in [7, 11) is 0. The Hall–Kier alpha value is -2.86. The molecule has 0 saturated heterocycles. The molecule has 28 heavy (non-hydrogen) atoms. The second-order valence-electron chi connectivity index (χ2n) is 6.30. The molecule has 0 N–H and O–H groups in total. The van der Waals surface area contributed by atoms with Gasteiger partial charge in [0.15, 0.2) is 0 Å². The monoisotopic (exact) mass is 442 g/mol. The van der Waals surface area contributed by atoms with Gasteiger partial charge in [0, 0.05) is 11.1 Å². The van der Waals surface area contributed by atoms with E-state index in [1.807, 2.05) is 4.57 Å². The highest BCUT2D eigenvalue weighted by Crippen LogP contribution is 2.34. The van der Waals surface area contributed by atoms with Gasteiger partial charge in [0.05, 0.1) is 6.54 Å². The summed E-state index contributed by atoms with van der Waals surface area (Å²) in [5, 5.41) is 0. The Bertz CT molecular complexity index is 1100. The van der Waals surface area contributed by atoms with Crippen molar-refractivity contribution < 1.29 is 13.2 Å². The van der Waals surface area contributed by atoms with Crippen LogP contribution in [0.1, 0.15) is 5.56 Å². The molecule has 4 aromatic rings. The van der Waals surface area contributed by atoms with Gasteiger partial charge in [0.2, 0.25) is 0 Å². The first kappa shape index (κ1) is 18.5. The van der Waals surface area contributed by atoms with Crippen LogP contribution in [0.4, 0.5) is 13.2 Å². The Morgan fingerprint density at radius 3 is 1.68 bits per heavy atom. The summed E-state index contributed by atoms with van der Waals surface area (Å²) >= 11 is 3.60. The molecule has 0 amide bonds. The molecule has 0 bridgehead atoms. The largest absolute Gasteiger partial charge is 0.314 e. The zero-order chi connectivity index (χ0) is 19.7. The molecule has 1 heterocycles. The quantitative estimate of drug-likeness (QED) is 0.355. The van der Waals surface area contributed by atoms with Gasteiger partial charge in [-0.3, -0.25) is 0 Å². The molecule has 3 aromatic carbocycles.